The molecule has 0 bridgehead atoms. The standard InChI is InChI=1S/C27H38F2/c1-2-3-4-5-19-6-7-24-17-23(13-12-22(24)16-19)20-8-10-21(11-9-20)25-14-15-26(28)27(29)18-25/h2-3,14-15,18-24H,4-13,16-17H2,1H3/b3-2+. The third-order valence-electron chi connectivity index (χ3n) is 8.59. The van der Waals surface area contributed by atoms with Gasteiger partial charge in [0.2, 0.25) is 0 Å². The summed E-state index contributed by atoms with van der Waals surface area (Å²) in [5.74, 6) is 3.73. The summed E-state index contributed by atoms with van der Waals surface area (Å²) in [5.41, 5.74) is 1.00. The van der Waals surface area contributed by atoms with Crippen LogP contribution in [0.15, 0.2) is 30.4 Å². The number of rotatable bonds is 5. The predicted octanol–water partition coefficient (Wildman–Crippen LogP) is 8.43. The van der Waals surface area contributed by atoms with E-state index >= 15 is 0 Å². The Hall–Kier alpha value is -1.18. The Balaban J connectivity index is 1.25. The van der Waals surface area contributed by atoms with E-state index in [1.54, 1.807) is 6.07 Å². The first kappa shape index (κ1) is 21.1. The summed E-state index contributed by atoms with van der Waals surface area (Å²) in [4.78, 5) is 0. The van der Waals surface area contributed by atoms with Crippen molar-refractivity contribution in [3.8, 4) is 0 Å². The van der Waals surface area contributed by atoms with Crippen LogP contribution in [-0.2, 0) is 0 Å². The van der Waals surface area contributed by atoms with E-state index in [4.69, 9.17) is 0 Å². The van der Waals surface area contributed by atoms with E-state index in [9.17, 15) is 8.78 Å². The molecule has 3 saturated carbocycles. The molecule has 160 valence electrons. The van der Waals surface area contributed by atoms with E-state index in [-0.39, 0.29) is 0 Å². The molecule has 0 heterocycles. The largest absolute Gasteiger partial charge is 0.204 e. The van der Waals surface area contributed by atoms with Crippen LogP contribution in [0.1, 0.15) is 95.5 Å². The minimum atomic E-state index is -0.726. The molecule has 29 heavy (non-hydrogen) atoms. The summed E-state index contributed by atoms with van der Waals surface area (Å²) < 4.78 is 26.8. The van der Waals surface area contributed by atoms with E-state index in [0.29, 0.717) is 5.92 Å². The smallest absolute Gasteiger partial charge is 0.159 e. The monoisotopic (exact) mass is 400 g/mol. The van der Waals surface area contributed by atoms with Crippen LogP contribution in [0.5, 0.6) is 0 Å². The number of hydrogen-bond donors (Lipinski definition) is 0. The van der Waals surface area contributed by atoms with Crippen LogP contribution in [0.3, 0.4) is 0 Å². The zero-order valence-corrected chi connectivity index (χ0v) is 18.1. The molecule has 0 aliphatic heterocycles. The molecule has 2 heteroatoms. The molecule has 3 aliphatic rings. The van der Waals surface area contributed by atoms with E-state index in [1.807, 2.05) is 0 Å². The minimum Gasteiger partial charge on any atom is -0.204 e. The van der Waals surface area contributed by atoms with Crippen LogP contribution in [-0.4, -0.2) is 0 Å². The quantitative estimate of drug-likeness (QED) is 0.435. The lowest BCUT2D eigenvalue weighted by molar-refractivity contribution is 0.0621. The molecule has 1 aromatic carbocycles. The van der Waals surface area contributed by atoms with Gasteiger partial charge in [0, 0.05) is 0 Å². The van der Waals surface area contributed by atoms with Crippen molar-refractivity contribution in [3.05, 3.63) is 47.5 Å². The van der Waals surface area contributed by atoms with Crippen molar-refractivity contribution in [2.24, 2.45) is 29.6 Å². The van der Waals surface area contributed by atoms with Gasteiger partial charge >= 0.3 is 0 Å². The highest BCUT2D eigenvalue weighted by atomic mass is 19.2. The van der Waals surface area contributed by atoms with Crippen LogP contribution in [0.4, 0.5) is 8.78 Å². The fourth-order valence-corrected chi connectivity index (χ4v) is 6.90. The average molecular weight is 401 g/mol. The van der Waals surface area contributed by atoms with Crippen LogP contribution in [0.2, 0.25) is 0 Å². The third kappa shape index (κ3) is 5.12. The van der Waals surface area contributed by atoms with Crippen LogP contribution < -0.4 is 0 Å². The van der Waals surface area contributed by atoms with Gasteiger partial charge in [0.25, 0.3) is 0 Å². The lowest BCUT2D eigenvalue weighted by Gasteiger charge is -2.45. The predicted molar refractivity (Wildman–Crippen MR) is 117 cm³/mol. The molecule has 0 aromatic heterocycles. The van der Waals surface area contributed by atoms with Gasteiger partial charge in [-0.05, 0) is 131 Å². The topological polar surface area (TPSA) is 0 Å². The van der Waals surface area contributed by atoms with Gasteiger partial charge < -0.3 is 0 Å². The van der Waals surface area contributed by atoms with Crippen molar-refractivity contribution in [2.45, 2.75) is 89.9 Å². The minimum absolute atomic E-state index is 0.422. The maximum Gasteiger partial charge on any atom is 0.159 e. The first-order valence-electron chi connectivity index (χ1n) is 12.2. The molecular weight excluding hydrogens is 362 g/mol. The van der Waals surface area contributed by atoms with Gasteiger partial charge in [-0.25, -0.2) is 8.78 Å². The average Bonchev–Trinajstić information content (AvgIpc) is 2.75. The van der Waals surface area contributed by atoms with Crippen molar-refractivity contribution in [3.63, 3.8) is 0 Å². The molecule has 4 atom stereocenters. The first-order chi connectivity index (χ1) is 14.1. The molecule has 4 unspecified atom stereocenters. The summed E-state index contributed by atoms with van der Waals surface area (Å²) >= 11 is 0. The van der Waals surface area contributed by atoms with Crippen molar-refractivity contribution in [2.75, 3.05) is 0 Å². The van der Waals surface area contributed by atoms with E-state index < -0.39 is 11.6 Å². The third-order valence-corrected chi connectivity index (χ3v) is 8.59. The van der Waals surface area contributed by atoms with Gasteiger partial charge in [-0.15, -0.1) is 0 Å². The first-order valence-corrected chi connectivity index (χ1v) is 12.2. The normalized spacial score (nSPS) is 35.6. The second-order valence-corrected chi connectivity index (χ2v) is 10.2. The Morgan fingerprint density at radius 3 is 2.17 bits per heavy atom. The molecule has 0 radical (unpaired) electrons. The van der Waals surface area contributed by atoms with E-state index in [0.717, 1.165) is 48.0 Å². The fraction of sp³-hybridized carbons (Fsp3) is 0.704. The van der Waals surface area contributed by atoms with Crippen molar-refractivity contribution >= 4 is 0 Å². The summed E-state index contributed by atoms with van der Waals surface area (Å²) in [5, 5.41) is 0. The van der Waals surface area contributed by atoms with Gasteiger partial charge in [0.1, 0.15) is 0 Å². The van der Waals surface area contributed by atoms with Crippen LogP contribution in [0, 0.1) is 41.2 Å². The fourth-order valence-electron chi connectivity index (χ4n) is 6.90. The summed E-state index contributed by atoms with van der Waals surface area (Å²) in [6.45, 7) is 2.13. The molecule has 0 saturated heterocycles. The van der Waals surface area contributed by atoms with Crippen molar-refractivity contribution in [1.29, 1.82) is 0 Å². The Morgan fingerprint density at radius 1 is 0.793 bits per heavy atom. The number of allylic oxidation sites excluding steroid dienone is 2. The highest BCUT2D eigenvalue weighted by Crippen LogP contribution is 2.50. The van der Waals surface area contributed by atoms with Gasteiger partial charge in [-0.2, -0.15) is 0 Å². The summed E-state index contributed by atoms with van der Waals surface area (Å²) in [7, 11) is 0. The molecule has 1 aromatic rings. The highest BCUT2D eigenvalue weighted by molar-refractivity contribution is 5.22. The molecule has 0 nitrogen and oxygen atoms in total. The summed E-state index contributed by atoms with van der Waals surface area (Å²) in [6.07, 6.45) is 20.8. The number of benzene rings is 1. The van der Waals surface area contributed by atoms with Gasteiger partial charge in [-0.3, -0.25) is 0 Å². The number of halogens is 2. The molecule has 0 N–H and O–H groups in total. The second-order valence-electron chi connectivity index (χ2n) is 10.2. The summed E-state index contributed by atoms with van der Waals surface area (Å²) in [6, 6.07) is 4.52. The van der Waals surface area contributed by atoms with Gasteiger partial charge in [0.05, 0.1) is 0 Å². The Labute approximate surface area is 176 Å². The lowest BCUT2D eigenvalue weighted by atomic mass is 9.60. The lowest BCUT2D eigenvalue weighted by Crippen LogP contribution is -2.34. The van der Waals surface area contributed by atoms with Gasteiger partial charge in [0.15, 0.2) is 11.6 Å². The zero-order chi connectivity index (χ0) is 20.2. The number of hydrogen-bond acceptors (Lipinski definition) is 0. The maximum absolute atomic E-state index is 13.6. The van der Waals surface area contributed by atoms with Gasteiger partial charge in [-0.1, -0.05) is 24.6 Å². The SMILES string of the molecule is C/C=C/CCC1CCC2CC(C3CCC(c4ccc(F)c(F)c4)CC3)CCC2C1. The van der Waals surface area contributed by atoms with Crippen LogP contribution in [0.25, 0.3) is 0 Å². The molecular formula is C27H38F2. The highest BCUT2D eigenvalue weighted by Gasteiger charge is 2.38. The van der Waals surface area contributed by atoms with E-state index in [2.05, 4.69) is 19.1 Å². The molecule has 3 fully saturated rings. The molecule has 0 amide bonds. The van der Waals surface area contributed by atoms with Crippen LogP contribution >= 0.6 is 0 Å². The maximum atomic E-state index is 13.6. The zero-order valence-electron chi connectivity index (χ0n) is 18.1. The Morgan fingerprint density at radius 2 is 1.45 bits per heavy atom. The molecule has 4 rings (SSSR count). The second kappa shape index (κ2) is 9.75. The molecule has 3 aliphatic carbocycles. The molecule has 0 spiro atoms. The van der Waals surface area contributed by atoms with Crippen molar-refractivity contribution in [1.82, 2.24) is 0 Å². The Kier molecular flexibility index (Phi) is 7.08. The Bertz CT molecular complexity index is 686. The van der Waals surface area contributed by atoms with Crippen molar-refractivity contribution < 1.29 is 8.78 Å². The number of fused-ring (bicyclic) bond motifs is 1. The van der Waals surface area contributed by atoms with E-state index in [1.165, 1.54) is 76.3 Å².